The van der Waals surface area contributed by atoms with Crippen molar-refractivity contribution in [2.75, 3.05) is 13.2 Å². The van der Waals surface area contributed by atoms with Crippen LogP contribution < -0.4 is 11.1 Å². The summed E-state index contributed by atoms with van der Waals surface area (Å²) < 4.78 is 5.42. The van der Waals surface area contributed by atoms with E-state index in [0.29, 0.717) is 12.6 Å². The largest absolute Gasteiger partial charge is 0.370 e. The zero-order valence-electron chi connectivity index (χ0n) is 11.1. The fourth-order valence-electron chi connectivity index (χ4n) is 2.14. The summed E-state index contributed by atoms with van der Waals surface area (Å²) in [5.41, 5.74) is 5.81. The highest BCUT2D eigenvalue weighted by atomic mass is 16.5. The summed E-state index contributed by atoms with van der Waals surface area (Å²) in [5, 5.41) is 3.00. The van der Waals surface area contributed by atoms with Gasteiger partial charge in [0.05, 0.1) is 6.61 Å². The molecule has 0 spiro atoms. The normalized spacial score (nSPS) is 17.4. The first-order valence-corrected chi connectivity index (χ1v) is 6.75. The Balaban J connectivity index is 2.15. The van der Waals surface area contributed by atoms with Crippen molar-refractivity contribution in [3.8, 4) is 0 Å². The van der Waals surface area contributed by atoms with Crippen molar-refractivity contribution in [2.45, 2.75) is 64.0 Å². The maximum Gasteiger partial charge on any atom is 0.246 e. The van der Waals surface area contributed by atoms with Crippen LogP contribution in [0.5, 0.6) is 0 Å². The topological polar surface area (TPSA) is 64.3 Å². The Morgan fingerprint density at radius 2 is 1.94 bits per heavy atom. The van der Waals surface area contributed by atoms with Gasteiger partial charge < -0.3 is 15.8 Å². The Morgan fingerprint density at radius 1 is 1.35 bits per heavy atom. The Kier molecular flexibility index (Phi) is 5.92. The van der Waals surface area contributed by atoms with Crippen molar-refractivity contribution in [3.63, 3.8) is 0 Å². The lowest BCUT2D eigenvalue weighted by Gasteiger charge is -2.26. The average Bonchev–Trinajstić information content (AvgIpc) is 2.81. The standard InChI is InChI=1S/C13H26N2O2/c1-3-13(14,4-2)10-17-9-12(16)15-11-7-5-6-8-11/h11H,3-10,14H2,1-2H3,(H,15,16). The molecule has 0 radical (unpaired) electrons. The van der Waals surface area contributed by atoms with Crippen LogP contribution in [0.4, 0.5) is 0 Å². The molecule has 0 heterocycles. The van der Waals surface area contributed by atoms with Gasteiger partial charge in [-0.2, -0.15) is 0 Å². The van der Waals surface area contributed by atoms with Gasteiger partial charge in [-0.05, 0) is 25.7 Å². The molecule has 0 saturated heterocycles. The maximum absolute atomic E-state index is 11.6. The van der Waals surface area contributed by atoms with E-state index in [4.69, 9.17) is 10.5 Å². The van der Waals surface area contributed by atoms with E-state index in [1.54, 1.807) is 0 Å². The van der Waals surface area contributed by atoms with E-state index >= 15 is 0 Å². The van der Waals surface area contributed by atoms with E-state index in [-0.39, 0.29) is 18.1 Å². The highest BCUT2D eigenvalue weighted by Gasteiger charge is 2.21. The van der Waals surface area contributed by atoms with Gasteiger partial charge in [0.2, 0.25) is 5.91 Å². The van der Waals surface area contributed by atoms with Crippen LogP contribution in [0.2, 0.25) is 0 Å². The molecular formula is C13H26N2O2. The summed E-state index contributed by atoms with van der Waals surface area (Å²) in [6.07, 6.45) is 6.40. The van der Waals surface area contributed by atoms with E-state index in [1.165, 1.54) is 12.8 Å². The number of ether oxygens (including phenoxy) is 1. The minimum absolute atomic E-state index is 0.00791. The second-order valence-electron chi connectivity index (χ2n) is 5.11. The summed E-state index contributed by atoms with van der Waals surface area (Å²) in [6.45, 7) is 4.68. The van der Waals surface area contributed by atoms with Gasteiger partial charge in [-0.15, -0.1) is 0 Å². The molecule has 0 unspecified atom stereocenters. The van der Waals surface area contributed by atoms with Crippen molar-refractivity contribution in [2.24, 2.45) is 5.73 Å². The molecule has 17 heavy (non-hydrogen) atoms. The monoisotopic (exact) mass is 242 g/mol. The highest BCUT2D eigenvalue weighted by molar-refractivity contribution is 5.77. The predicted molar refractivity (Wildman–Crippen MR) is 68.7 cm³/mol. The summed E-state index contributed by atoms with van der Waals surface area (Å²) in [7, 11) is 0. The molecule has 4 heteroatoms. The fourth-order valence-corrected chi connectivity index (χ4v) is 2.14. The molecule has 4 nitrogen and oxygen atoms in total. The zero-order chi connectivity index (χ0) is 12.7. The van der Waals surface area contributed by atoms with Crippen molar-refractivity contribution in [1.29, 1.82) is 0 Å². The smallest absolute Gasteiger partial charge is 0.246 e. The SMILES string of the molecule is CCC(N)(CC)COCC(=O)NC1CCCC1. The lowest BCUT2D eigenvalue weighted by atomic mass is 9.96. The van der Waals surface area contributed by atoms with Crippen LogP contribution in [0.3, 0.4) is 0 Å². The van der Waals surface area contributed by atoms with Crippen LogP contribution in [0.15, 0.2) is 0 Å². The van der Waals surface area contributed by atoms with Crippen LogP contribution >= 0.6 is 0 Å². The Labute approximate surface area is 104 Å². The molecule has 1 amide bonds. The lowest BCUT2D eigenvalue weighted by molar-refractivity contribution is -0.127. The van der Waals surface area contributed by atoms with E-state index < -0.39 is 0 Å². The highest BCUT2D eigenvalue weighted by Crippen LogP contribution is 2.17. The maximum atomic E-state index is 11.6. The van der Waals surface area contributed by atoms with Gasteiger partial charge in [0.15, 0.2) is 0 Å². The van der Waals surface area contributed by atoms with Gasteiger partial charge in [-0.3, -0.25) is 4.79 Å². The van der Waals surface area contributed by atoms with Crippen molar-refractivity contribution in [1.82, 2.24) is 5.32 Å². The van der Waals surface area contributed by atoms with E-state index in [9.17, 15) is 4.79 Å². The van der Waals surface area contributed by atoms with E-state index in [2.05, 4.69) is 5.32 Å². The minimum atomic E-state index is -0.284. The molecule has 0 aromatic heterocycles. The molecule has 1 rings (SSSR count). The number of amides is 1. The average molecular weight is 242 g/mol. The molecule has 1 aliphatic rings. The van der Waals surface area contributed by atoms with Gasteiger partial charge in [0, 0.05) is 11.6 Å². The third-order valence-electron chi connectivity index (χ3n) is 3.75. The van der Waals surface area contributed by atoms with Gasteiger partial charge in [0.1, 0.15) is 6.61 Å². The van der Waals surface area contributed by atoms with Crippen LogP contribution in [-0.2, 0) is 9.53 Å². The minimum Gasteiger partial charge on any atom is -0.370 e. The number of hydrogen-bond acceptors (Lipinski definition) is 3. The van der Waals surface area contributed by atoms with Crippen molar-refractivity contribution < 1.29 is 9.53 Å². The molecule has 0 bridgehead atoms. The van der Waals surface area contributed by atoms with Crippen LogP contribution in [-0.4, -0.2) is 30.7 Å². The first kappa shape index (κ1) is 14.5. The van der Waals surface area contributed by atoms with Crippen molar-refractivity contribution >= 4 is 5.91 Å². The number of carbonyl (C=O) groups is 1. The number of nitrogens with one attached hydrogen (secondary N) is 1. The Bertz CT molecular complexity index is 234. The molecule has 0 aromatic carbocycles. The lowest BCUT2D eigenvalue weighted by Crippen LogP contribution is -2.44. The molecule has 100 valence electrons. The summed E-state index contributed by atoms with van der Waals surface area (Å²) in [6, 6.07) is 0.367. The second kappa shape index (κ2) is 6.97. The summed E-state index contributed by atoms with van der Waals surface area (Å²) in [4.78, 5) is 11.6. The Morgan fingerprint density at radius 3 is 2.47 bits per heavy atom. The van der Waals surface area contributed by atoms with Gasteiger partial charge in [-0.25, -0.2) is 0 Å². The first-order chi connectivity index (χ1) is 8.09. The van der Waals surface area contributed by atoms with Crippen LogP contribution in [0.1, 0.15) is 52.4 Å². The Hall–Kier alpha value is -0.610. The molecule has 3 N–H and O–H groups in total. The summed E-state index contributed by atoms with van der Waals surface area (Å²) in [5.74, 6) is -0.00791. The molecule has 0 aromatic rings. The number of carbonyl (C=O) groups excluding carboxylic acids is 1. The molecule has 1 aliphatic carbocycles. The molecular weight excluding hydrogens is 216 g/mol. The number of nitrogens with two attached hydrogens (primary N) is 1. The number of rotatable bonds is 7. The predicted octanol–water partition coefficient (Wildman–Crippen LogP) is 1.58. The quantitative estimate of drug-likeness (QED) is 0.712. The fraction of sp³-hybridized carbons (Fsp3) is 0.923. The van der Waals surface area contributed by atoms with Crippen LogP contribution in [0.25, 0.3) is 0 Å². The third kappa shape index (κ3) is 5.04. The third-order valence-corrected chi connectivity index (χ3v) is 3.75. The van der Waals surface area contributed by atoms with E-state index in [1.807, 2.05) is 13.8 Å². The van der Waals surface area contributed by atoms with E-state index in [0.717, 1.165) is 25.7 Å². The van der Waals surface area contributed by atoms with Gasteiger partial charge >= 0.3 is 0 Å². The second-order valence-corrected chi connectivity index (χ2v) is 5.11. The number of hydrogen-bond donors (Lipinski definition) is 2. The van der Waals surface area contributed by atoms with Crippen LogP contribution in [0, 0.1) is 0 Å². The van der Waals surface area contributed by atoms with Gasteiger partial charge in [0.25, 0.3) is 0 Å². The molecule has 1 fully saturated rings. The molecule has 0 aliphatic heterocycles. The molecule has 1 saturated carbocycles. The molecule has 0 atom stereocenters. The van der Waals surface area contributed by atoms with Crippen molar-refractivity contribution in [3.05, 3.63) is 0 Å². The van der Waals surface area contributed by atoms with Gasteiger partial charge in [-0.1, -0.05) is 26.7 Å². The summed E-state index contributed by atoms with van der Waals surface area (Å²) >= 11 is 0. The first-order valence-electron chi connectivity index (χ1n) is 6.75. The zero-order valence-corrected chi connectivity index (χ0v) is 11.1.